The normalized spacial score (nSPS) is 17.0. The lowest BCUT2D eigenvalue weighted by Gasteiger charge is -2.30. The monoisotopic (exact) mass is 378 g/mol. The summed E-state index contributed by atoms with van der Waals surface area (Å²) in [6, 6.07) is 15.8. The van der Waals surface area contributed by atoms with Gasteiger partial charge in [-0.2, -0.15) is 0 Å². The van der Waals surface area contributed by atoms with Crippen LogP contribution in [0.3, 0.4) is 0 Å². The lowest BCUT2D eigenvalue weighted by molar-refractivity contribution is 0.0773. The fourth-order valence-corrected chi connectivity index (χ4v) is 4.11. The lowest BCUT2D eigenvalue weighted by Crippen LogP contribution is -2.30. The summed E-state index contributed by atoms with van der Waals surface area (Å²) >= 11 is 0. The standard InChI is InChI=1S/C24H30N2O2/c1-4-22(18-12-14-19(15-13-18)24(28)25(5-2)6-3)26-16-8-11-23(26)20-9-7-10-21(27)17-20/h4,7,9-10,12-15,17,23,27H,5-6,8,11,16H2,1-3H3/b22-4+. The van der Waals surface area contributed by atoms with Crippen molar-refractivity contribution >= 4 is 11.6 Å². The molecule has 0 radical (unpaired) electrons. The maximum atomic E-state index is 12.6. The summed E-state index contributed by atoms with van der Waals surface area (Å²) < 4.78 is 0. The quantitative estimate of drug-likeness (QED) is 0.763. The van der Waals surface area contributed by atoms with Gasteiger partial charge in [0.2, 0.25) is 0 Å². The molecular weight excluding hydrogens is 348 g/mol. The minimum absolute atomic E-state index is 0.0809. The molecule has 2 aromatic rings. The van der Waals surface area contributed by atoms with E-state index in [0.717, 1.165) is 49.2 Å². The van der Waals surface area contributed by atoms with Gasteiger partial charge in [-0.25, -0.2) is 0 Å². The first kappa shape index (κ1) is 20.0. The van der Waals surface area contributed by atoms with Crippen molar-refractivity contribution in [1.29, 1.82) is 0 Å². The highest BCUT2D eigenvalue weighted by Gasteiger charge is 2.28. The molecule has 4 nitrogen and oxygen atoms in total. The van der Waals surface area contributed by atoms with Crippen molar-refractivity contribution in [3.8, 4) is 5.75 Å². The molecule has 1 saturated heterocycles. The van der Waals surface area contributed by atoms with Crippen LogP contribution in [0.1, 0.15) is 61.1 Å². The van der Waals surface area contributed by atoms with Gasteiger partial charge in [0.15, 0.2) is 0 Å². The molecule has 1 fully saturated rings. The van der Waals surface area contributed by atoms with Crippen LogP contribution < -0.4 is 0 Å². The molecule has 148 valence electrons. The third kappa shape index (κ3) is 4.06. The molecule has 0 aliphatic carbocycles. The molecule has 4 heteroatoms. The number of allylic oxidation sites excluding steroid dienone is 1. The van der Waals surface area contributed by atoms with Crippen molar-refractivity contribution in [3.05, 3.63) is 71.3 Å². The predicted molar refractivity (Wildman–Crippen MR) is 114 cm³/mol. The maximum absolute atomic E-state index is 12.6. The van der Waals surface area contributed by atoms with E-state index >= 15 is 0 Å². The Kier molecular flexibility index (Phi) is 6.40. The van der Waals surface area contributed by atoms with Crippen LogP contribution in [0.4, 0.5) is 0 Å². The third-order valence-corrected chi connectivity index (χ3v) is 5.57. The molecule has 1 aliphatic rings. The van der Waals surface area contributed by atoms with Crippen LogP contribution in [0.2, 0.25) is 0 Å². The molecule has 1 heterocycles. The highest BCUT2D eigenvalue weighted by Crippen LogP contribution is 2.39. The molecule has 1 aliphatic heterocycles. The van der Waals surface area contributed by atoms with Gasteiger partial charge >= 0.3 is 0 Å². The number of rotatable bonds is 6. The summed E-state index contributed by atoms with van der Waals surface area (Å²) in [6.07, 6.45) is 4.33. The number of amides is 1. The summed E-state index contributed by atoms with van der Waals surface area (Å²) in [5.74, 6) is 0.392. The second-order valence-electron chi connectivity index (χ2n) is 7.18. The Labute approximate surface area is 168 Å². The Morgan fingerprint density at radius 1 is 1.14 bits per heavy atom. The molecule has 1 unspecified atom stereocenters. The van der Waals surface area contributed by atoms with Crippen LogP contribution in [0.25, 0.3) is 5.70 Å². The second kappa shape index (κ2) is 8.96. The van der Waals surface area contributed by atoms with Crippen molar-refractivity contribution in [2.24, 2.45) is 0 Å². The molecule has 28 heavy (non-hydrogen) atoms. The van der Waals surface area contributed by atoms with E-state index in [0.29, 0.717) is 5.75 Å². The number of carbonyl (C=O) groups is 1. The summed E-state index contributed by atoms with van der Waals surface area (Å²) in [4.78, 5) is 16.8. The number of hydrogen-bond acceptors (Lipinski definition) is 3. The number of aromatic hydroxyl groups is 1. The summed E-state index contributed by atoms with van der Waals surface area (Å²) in [5, 5.41) is 9.87. The third-order valence-electron chi connectivity index (χ3n) is 5.57. The van der Waals surface area contributed by atoms with Gasteiger partial charge in [0, 0.05) is 30.9 Å². The number of phenolic OH excluding ortho intramolecular Hbond substituents is 1. The van der Waals surface area contributed by atoms with Gasteiger partial charge in [-0.3, -0.25) is 4.79 Å². The van der Waals surface area contributed by atoms with Crippen molar-refractivity contribution < 1.29 is 9.90 Å². The van der Waals surface area contributed by atoms with Gasteiger partial charge in [0.1, 0.15) is 5.75 Å². The fourth-order valence-electron chi connectivity index (χ4n) is 4.11. The highest BCUT2D eigenvalue weighted by atomic mass is 16.3. The molecule has 3 rings (SSSR count). The van der Waals surface area contributed by atoms with Crippen molar-refractivity contribution in [2.45, 2.75) is 39.7 Å². The molecule has 0 bridgehead atoms. The average molecular weight is 379 g/mol. The van der Waals surface area contributed by atoms with Crippen LogP contribution in [-0.4, -0.2) is 40.4 Å². The Balaban J connectivity index is 1.84. The first-order valence-electron chi connectivity index (χ1n) is 10.2. The van der Waals surface area contributed by atoms with E-state index in [1.165, 1.54) is 5.70 Å². The number of nitrogens with zero attached hydrogens (tertiary/aromatic N) is 2. The van der Waals surface area contributed by atoms with Gasteiger partial charge in [-0.05, 0) is 69.0 Å². The van der Waals surface area contributed by atoms with Gasteiger partial charge in [-0.1, -0.05) is 30.3 Å². The zero-order valence-electron chi connectivity index (χ0n) is 17.1. The van der Waals surface area contributed by atoms with E-state index in [4.69, 9.17) is 0 Å². The Morgan fingerprint density at radius 2 is 1.82 bits per heavy atom. The first-order chi connectivity index (χ1) is 13.6. The Morgan fingerprint density at radius 3 is 2.43 bits per heavy atom. The Bertz CT molecular complexity index is 838. The minimum Gasteiger partial charge on any atom is -0.508 e. The van der Waals surface area contributed by atoms with E-state index < -0.39 is 0 Å². The SMILES string of the molecule is C/C=C(\c1ccc(C(=O)N(CC)CC)cc1)N1CCCC1c1cccc(O)c1. The minimum atomic E-state index is 0.0809. The fraction of sp³-hybridized carbons (Fsp3) is 0.375. The topological polar surface area (TPSA) is 43.8 Å². The molecule has 1 N–H and O–H groups in total. The molecule has 0 saturated carbocycles. The smallest absolute Gasteiger partial charge is 0.253 e. The van der Waals surface area contributed by atoms with E-state index in [1.807, 2.05) is 55.1 Å². The summed E-state index contributed by atoms with van der Waals surface area (Å²) in [5.41, 5.74) is 4.16. The van der Waals surface area contributed by atoms with Crippen LogP contribution in [0.5, 0.6) is 5.75 Å². The summed E-state index contributed by atoms with van der Waals surface area (Å²) in [7, 11) is 0. The number of likely N-dealkylation sites (tertiary alicyclic amines) is 1. The average Bonchev–Trinajstić information content (AvgIpc) is 3.19. The van der Waals surface area contributed by atoms with Crippen LogP contribution in [0.15, 0.2) is 54.6 Å². The largest absolute Gasteiger partial charge is 0.508 e. The lowest BCUT2D eigenvalue weighted by atomic mass is 10.0. The van der Waals surface area contributed by atoms with Gasteiger partial charge in [0.25, 0.3) is 5.91 Å². The second-order valence-corrected chi connectivity index (χ2v) is 7.18. The van der Waals surface area contributed by atoms with E-state index in [2.05, 4.69) is 24.0 Å². The summed E-state index contributed by atoms with van der Waals surface area (Å²) in [6.45, 7) is 8.49. The molecule has 1 atom stereocenters. The van der Waals surface area contributed by atoms with Gasteiger partial charge in [0.05, 0.1) is 6.04 Å². The van der Waals surface area contributed by atoms with E-state index in [1.54, 1.807) is 6.07 Å². The number of benzene rings is 2. The number of phenols is 1. The van der Waals surface area contributed by atoms with Crippen molar-refractivity contribution in [1.82, 2.24) is 9.80 Å². The van der Waals surface area contributed by atoms with Crippen LogP contribution in [0, 0.1) is 0 Å². The molecule has 1 amide bonds. The highest BCUT2D eigenvalue weighted by molar-refractivity contribution is 5.94. The predicted octanol–water partition coefficient (Wildman–Crippen LogP) is 5.07. The van der Waals surface area contributed by atoms with Crippen LogP contribution >= 0.6 is 0 Å². The van der Waals surface area contributed by atoms with Crippen LogP contribution in [-0.2, 0) is 0 Å². The zero-order chi connectivity index (χ0) is 20.1. The van der Waals surface area contributed by atoms with Gasteiger partial charge in [-0.15, -0.1) is 0 Å². The van der Waals surface area contributed by atoms with E-state index in [-0.39, 0.29) is 11.9 Å². The molecule has 0 aromatic heterocycles. The van der Waals surface area contributed by atoms with Gasteiger partial charge < -0.3 is 14.9 Å². The molecule has 2 aromatic carbocycles. The number of carbonyl (C=O) groups excluding carboxylic acids is 1. The van der Waals surface area contributed by atoms with Crippen molar-refractivity contribution in [2.75, 3.05) is 19.6 Å². The first-order valence-corrected chi connectivity index (χ1v) is 10.2. The maximum Gasteiger partial charge on any atom is 0.253 e. The zero-order valence-corrected chi connectivity index (χ0v) is 17.1. The Hall–Kier alpha value is -2.75. The van der Waals surface area contributed by atoms with Crippen molar-refractivity contribution in [3.63, 3.8) is 0 Å². The number of hydrogen-bond donors (Lipinski definition) is 1. The van der Waals surface area contributed by atoms with E-state index in [9.17, 15) is 9.90 Å². The molecule has 0 spiro atoms. The molecular formula is C24H30N2O2.